The molecule has 38 heavy (non-hydrogen) atoms. The van der Waals surface area contributed by atoms with Gasteiger partial charge in [-0.15, -0.1) is 0 Å². The van der Waals surface area contributed by atoms with Gasteiger partial charge in [-0.2, -0.15) is 4.98 Å². The zero-order valence-electron chi connectivity index (χ0n) is 22.5. The Morgan fingerprint density at radius 1 is 1.16 bits per heavy atom. The van der Waals surface area contributed by atoms with Crippen molar-refractivity contribution in [3.05, 3.63) is 35.0 Å². The number of hydrogen-bond acceptors (Lipinski definition) is 7. The van der Waals surface area contributed by atoms with Gasteiger partial charge in [-0.05, 0) is 50.4 Å². The van der Waals surface area contributed by atoms with E-state index < -0.39 is 0 Å². The van der Waals surface area contributed by atoms with E-state index in [1.165, 1.54) is 12.8 Å². The number of piperidine rings is 1. The van der Waals surface area contributed by atoms with E-state index in [-0.39, 0.29) is 23.8 Å². The van der Waals surface area contributed by atoms with E-state index in [4.69, 9.17) is 16.6 Å². The second-order valence-corrected chi connectivity index (χ2v) is 11.2. The summed E-state index contributed by atoms with van der Waals surface area (Å²) in [5.41, 5.74) is 1.88. The fraction of sp³-hybridized carbons (Fsp3) is 0.571. The van der Waals surface area contributed by atoms with Crippen LogP contribution >= 0.6 is 11.6 Å². The normalized spacial score (nSPS) is 21.4. The molecule has 0 bridgehead atoms. The van der Waals surface area contributed by atoms with E-state index >= 15 is 0 Å². The lowest BCUT2D eigenvalue weighted by molar-refractivity contribution is -0.121. The van der Waals surface area contributed by atoms with Crippen LogP contribution in [0, 0.1) is 5.92 Å². The van der Waals surface area contributed by atoms with E-state index in [0.29, 0.717) is 34.8 Å². The Hall–Kier alpha value is -2.91. The molecule has 1 aliphatic carbocycles. The van der Waals surface area contributed by atoms with Crippen molar-refractivity contribution >= 4 is 46.6 Å². The minimum absolute atomic E-state index is 0.0765. The van der Waals surface area contributed by atoms with Crippen LogP contribution in [-0.4, -0.2) is 72.0 Å². The molecule has 3 heterocycles. The van der Waals surface area contributed by atoms with Crippen LogP contribution in [0.3, 0.4) is 0 Å². The molecule has 204 valence electrons. The van der Waals surface area contributed by atoms with Gasteiger partial charge in [-0.1, -0.05) is 38.3 Å². The van der Waals surface area contributed by atoms with Gasteiger partial charge < -0.3 is 25.3 Å². The topological polar surface area (TPSA) is 93.7 Å². The number of carbonyl (C=O) groups is 2. The number of aromatic nitrogens is 2. The molecule has 1 saturated carbocycles. The maximum absolute atomic E-state index is 12.9. The number of benzene rings is 1. The highest BCUT2D eigenvalue weighted by atomic mass is 35.5. The minimum Gasteiger partial charge on any atom is -0.351 e. The van der Waals surface area contributed by atoms with Gasteiger partial charge in [0, 0.05) is 44.5 Å². The zero-order valence-corrected chi connectivity index (χ0v) is 23.3. The van der Waals surface area contributed by atoms with Crippen molar-refractivity contribution in [2.45, 2.75) is 64.5 Å². The third-order valence-electron chi connectivity index (χ3n) is 8.21. The average molecular weight is 540 g/mol. The van der Waals surface area contributed by atoms with Crippen LogP contribution in [0.25, 0.3) is 0 Å². The molecule has 3 aliphatic rings. The molecular weight excluding hydrogens is 502 g/mol. The second-order valence-electron chi connectivity index (χ2n) is 10.8. The molecule has 0 spiro atoms. The van der Waals surface area contributed by atoms with Gasteiger partial charge in [0.05, 0.1) is 22.7 Å². The first kappa shape index (κ1) is 26.7. The smallest absolute Gasteiger partial charge is 0.253 e. The monoisotopic (exact) mass is 539 g/mol. The number of nitrogens with zero attached hydrogens (tertiary/aromatic N) is 5. The molecule has 5 rings (SSSR count). The highest BCUT2D eigenvalue weighted by molar-refractivity contribution is 6.34. The predicted octanol–water partition coefficient (Wildman–Crippen LogP) is 4.45. The first-order valence-electron chi connectivity index (χ1n) is 13.8. The number of hydrogen-bond donors (Lipinski definition) is 2. The van der Waals surface area contributed by atoms with Gasteiger partial charge in [0.25, 0.3) is 5.91 Å². The van der Waals surface area contributed by atoms with Gasteiger partial charge in [0.1, 0.15) is 5.69 Å². The van der Waals surface area contributed by atoms with Crippen molar-refractivity contribution in [2.75, 3.05) is 48.3 Å². The molecule has 1 saturated heterocycles. The molecule has 1 aromatic carbocycles. The molecule has 0 radical (unpaired) electrons. The number of nitrogens with one attached hydrogen (secondary N) is 2. The lowest BCUT2D eigenvalue weighted by Gasteiger charge is -2.31. The summed E-state index contributed by atoms with van der Waals surface area (Å²) in [6.07, 6.45) is 8.22. The quantitative estimate of drug-likeness (QED) is 0.560. The van der Waals surface area contributed by atoms with Crippen LogP contribution < -0.4 is 20.4 Å². The number of carbonyl (C=O) groups excluding carboxylic acids is 2. The maximum Gasteiger partial charge on any atom is 0.253 e. The Kier molecular flexibility index (Phi) is 8.04. The Morgan fingerprint density at radius 3 is 2.58 bits per heavy atom. The fourth-order valence-electron chi connectivity index (χ4n) is 5.88. The van der Waals surface area contributed by atoms with Gasteiger partial charge in [-0.25, -0.2) is 4.98 Å². The van der Waals surface area contributed by atoms with Gasteiger partial charge >= 0.3 is 0 Å². The van der Waals surface area contributed by atoms with Crippen LogP contribution in [-0.2, 0) is 4.79 Å². The SMILES string of the molecule is CCN1CCC(NC(=O)c2ccc(Nc3ncc4c(n3)N(C3CCCC3)CC(C)C(=O)N4C)cc2Cl)CC1. The maximum atomic E-state index is 12.9. The van der Waals surface area contributed by atoms with Gasteiger partial charge in [0.15, 0.2) is 5.82 Å². The molecule has 2 aliphatic heterocycles. The highest BCUT2D eigenvalue weighted by Gasteiger charge is 2.35. The van der Waals surface area contributed by atoms with Crippen molar-refractivity contribution < 1.29 is 9.59 Å². The molecule has 1 unspecified atom stereocenters. The van der Waals surface area contributed by atoms with Crippen molar-refractivity contribution in [1.29, 1.82) is 0 Å². The van der Waals surface area contributed by atoms with Crippen molar-refractivity contribution in [3.63, 3.8) is 0 Å². The molecule has 1 atom stereocenters. The van der Waals surface area contributed by atoms with Crippen LogP contribution in [0.15, 0.2) is 24.4 Å². The molecule has 9 nitrogen and oxygen atoms in total. The van der Waals surface area contributed by atoms with Crippen molar-refractivity contribution in [2.24, 2.45) is 5.92 Å². The molecule has 10 heteroatoms. The van der Waals surface area contributed by atoms with Crippen molar-refractivity contribution in [1.82, 2.24) is 20.2 Å². The Bertz CT molecular complexity index is 1180. The zero-order chi connectivity index (χ0) is 26.8. The summed E-state index contributed by atoms with van der Waals surface area (Å²) >= 11 is 6.55. The Balaban J connectivity index is 1.32. The molecule has 2 amide bonds. The largest absolute Gasteiger partial charge is 0.351 e. The molecular formula is C28H38ClN7O2. The predicted molar refractivity (Wildman–Crippen MR) is 152 cm³/mol. The molecule has 2 N–H and O–H groups in total. The van der Waals surface area contributed by atoms with Crippen LogP contribution in [0.4, 0.5) is 23.1 Å². The highest BCUT2D eigenvalue weighted by Crippen LogP contribution is 2.37. The molecule has 1 aromatic heterocycles. The van der Waals surface area contributed by atoms with E-state index in [2.05, 4.69) is 32.3 Å². The first-order valence-corrected chi connectivity index (χ1v) is 14.2. The van der Waals surface area contributed by atoms with Crippen molar-refractivity contribution in [3.8, 4) is 0 Å². The van der Waals surface area contributed by atoms with Crippen LogP contribution in [0.2, 0.25) is 5.02 Å². The Morgan fingerprint density at radius 2 is 1.89 bits per heavy atom. The van der Waals surface area contributed by atoms with Crippen LogP contribution in [0.5, 0.6) is 0 Å². The third-order valence-corrected chi connectivity index (χ3v) is 8.52. The number of halogens is 1. The van der Waals surface area contributed by atoms with Gasteiger partial charge in [0.2, 0.25) is 11.9 Å². The molecule has 2 aromatic rings. The number of rotatable bonds is 6. The minimum atomic E-state index is -0.146. The summed E-state index contributed by atoms with van der Waals surface area (Å²) in [4.78, 5) is 41.6. The summed E-state index contributed by atoms with van der Waals surface area (Å²) in [6.45, 7) is 7.83. The lowest BCUT2D eigenvalue weighted by atomic mass is 10.0. The van der Waals surface area contributed by atoms with E-state index in [1.807, 2.05) is 13.0 Å². The number of amides is 2. The lowest BCUT2D eigenvalue weighted by Crippen LogP contribution is -2.44. The number of fused-ring (bicyclic) bond motifs is 1. The van der Waals surface area contributed by atoms with E-state index in [9.17, 15) is 9.59 Å². The Labute approximate surface area is 229 Å². The summed E-state index contributed by atoms with van der Waals surface area (Å²) in [7, 11) is 1.79. The average Bonchev–Trinajstić information content (AvgIpc) is 3.43. The van der Waals surface area contributed by atoms with Crippen LogP contribution in [0.1, 0.15) is 62.7 Å². The first-order chi connectivity index (χ1) is 18.3. The summed E-state index contributed by atoms with van der Waals surface area (Å²) in [5.74, 6) is 1.02. The fourth-order valence-corrected chi connectivity index (χ4v) is 6.15. The summed E-state index contributed by atoms with van der Waals surface area (Å²) in [6, 6.07) is 5.84. The standard InChI is InChI=1S/C28H38ClN7O2/c1-4-35-13-11-19(12-14-35)31-26(37)22-10-9-20(15-23(22)29)32-28-30-16-24-25(33-28)36(21-7-5-6-8-21)17-18(2)27(38)34(24)3/h9-10,15-16,18-19,21H,4-8,11-14,17H2,1-3H3,(H,31,37)(H,30,32,33). The third kappa shape index (κ3) is 5.59. The number of anilines is 4. The second kappa shape index (κ2) is 11.5. The van der Waals surface area contributed by atoms with E-state index in [1.54, 1.807) is 30.3 Å². The van der Waals surface area contributed by atoms with E-state index in [0.717, 1.165) is 56.8 Å². The summed E-state index contributed by atoms with van der Waals surface area (Å²) in [5, 5.41) is 6.76. The molecule has 2 fully saturated rings. The summed E-state index contributed by atoms with van der Waals surface area (Å²) < 4.78 is 0. The number of likely N-dealkylation sites (tertiary alicyclic amines) is 1. The van der Waals surface area contributed by atoms with Gasteiger partial charge in [-0.3, -0.25) is 9.59 Å².